The van der Waals surface area contributed by atoms with E-state index in [9.17, 15) is 14.9 Å². The second-order valence-electron chi connectivity index (χ2n) is 4.90. The summed E-state index contributed by atoms with van der Waals surface area (Å²) in [5.41, 5.74) is 5.84. The topological polar surface area (TPSA) is 106 Å². The van der Waals surface area contributed by atoms with E-state index in [0.717, 1.165) is 16.3 Å². The van der Waals surface area contributed by atoms with Crippen molar-refractivity contribution in [3.63, 3.8) is 0 Å². The predicted octanol–water partition coefficient (Wildman–Crippen LogP) is 2.71. The molecule has 2 aromatic rings. The number of anilines is 1. The first-order valence-corrected chi connectivity index (χ1v) is 8.74. The fraction of sp³-hybridized carbons (Fsp3) is 0.125. The van der Waals surface area contributed by atoms with Crippen LogP contribution in [0.3, 0.4) is 0 Å². The summed E-state index contributed by atoms with van der Waals surface area (Å²) in [6.45, 7) is 0. The van der Waals surface area contributed by atoms with Gasteiger partial charge in [-0.1, -0.05) is 0 Å². The zero-order chi connectivity index (χ0) is 18.9. The number of benzene rings is 2. The summed E-state index contributed by atoms with van der Waals surface area (Å²) in [5, 5.41) is 13.8. The van der Waals surface area contributed by atoms with Crippen LogP contribution < -0.4 is 20.9 Å². The molecule has 136 valence electrons. The van der Waals surface area contributed by atoms with Crippen molar-refractivity contribution in [2.75, 3.05) is 18.2 Å². The largest absolute Gasteiger partial charge is 0.497 e. The van der Waals surface area contributed by atoms with Crippen LogP contribution in [0.25, 0.3) is 0 Å². The minimum atomic E-state index is -0.470. The molecule has 0 unspecified atom stereocenters. The van der Waals surface area contributed by atoms with E-state index in [2.05, 4.69) is 16.2 Å². The van der Waals surface area contributed by atoms with Gasteiger partial charge in [-0.2, -0.15) is 0 Å². The van der Waals surface area contributed by atoms with Crippen LogP contribution in [0.15, 0.2) is 53.4 Å². The van der Waals surface area contributed by atoms with E-state index in [1.807, 2.05) is 0 Å². The van der Waals surface area contributed by atoms with Crippen LogP contribution >= 0.6 is 24.0 Å². The Morgan fingerprint density at radius 1 is 1.15 bits per heavy atom. The second-order valence-corrected chi connectivity index (χ2v) is 6.35. The van der Waals surface area contributed by atoms with Gasteiger partial charge in [0.15, 0.2) is 5.11 Å². The van der Waals surface area contributed by atoms with Crippen LogP contribution in [0.2, 0.25) is 0 Å². The SMILES string of the molecule is COc1ccc(NC(=S)NNC(=O)CSc2ccc([N+](=O)[O-])cc2)cc1. The Hall–Kier alpha value is -2.85. The number of thioether (sulfide) groups is 1. The van der Waals surface area contributed by atoms with Crippen LogP contribution in [0.4, 0.5) is 11.4 Å². The average molecular weight is 392 g/mol. The number of nitrogens with one attached hydrogen (secondary N) is 3. The molecular formula is C16H16N4O4S2. The molecular weight excluding hydrogens is 376 g/mol. The molecule has 3 N–H and O–H groups in total. The molecule has 2 rings (SSSR count). The van der Waals surface area contributed by atoms with Crippen LogP contribution in [0, 0.1) is 10.1 Å². The molecule has 0 spiro atoms. The van der Waals surface area contributed by atoms with Crippen molar-refractivity contribution in [3.8, 4) is 5.75 Å². The Balaban J connectivity index is 1.71. The highest BCUT2D eigenvalue weighted by atomic mass is 32.2. The molecule has 10 heteroatoms. The maximum absolute atomic E-state index is 11.8. The lowest BCUT2D eigenvalue weighted by molar-refractivity contribution is -0.384. The number of ether oxygens (including phenoxy) is 1. The lowest BCUT2D eigenvalue weighted by Gasteiger charge is -2.11. The Morgan fingerprint density at radius 2 is 1.81 bits per heavy atom. The molecule has 1 amide bonds. The molecule has 26 heavy (non-hydrogen) atoms. The highest BCUT2D eigenvalue weighted by Crippen LogP contribution is 2.21. The van der Waals surface area contributed by atoms with Gasteiger partial charge in [-0.05, 0) is 48.6 Å². The van der Waals surface area contributed by atoms with E-state index in [0.29, 0.717) is 0 Å². The number of carbonyl (C=O) groups is 1. The summed E-state index contributed by atoms with van der Waals surface area (Å²) in [4.78, 5) is 22.7. The number of nitro benzene ring substituents is 1. The molecule has 0 bridgehead atoms. The van der Waals surface area contributed by atoms with Crippen molar-refractivity contribution < 1.29 is 14.5 Å². The molecule has 0 radical (unpaired) electrons. The first-order valence-electron chi connectivity index (χ1n) is 7.35. The summed E-state index contributed by atoms with van der Waals surface area (Å²) >= 11 is 6.35. The molecule has 8 nitrogen and oxygen atoms in total. The number of thiocarbonyl (C=S) groups is 1. The Morgan fingerprint density at radius 3 is 2.38 bits per heavy atom. The molecule has 0 aliphatic heterocycles. The minimum Gasteiger partial charge on any atom is -0.497 e. The zero-order valence-electron chi connectivity index (χ0n) is 13.7. The summed E-state index contributed by atoms with van der Waals surface area (Å²) in [6.07, 6.45) is 0. The van der Waals surface area contributed by atoms with Crippen molar-refractivity contribution in [2.24, 2.45) is 0 Å². The number of non-ortho nitro benzene ring substituents is 1. The van der Waals surface area contributed by atoms with Gasteiger partial charge in [0.05, 0.1) is 17.8 Å². The minimum absolute atomic E-state index is 0.00965. The quantitative estimate of drug-likeness (QED) is 0.298. The number of hydrogen-bond donors (Lipinski definition) is 3. The van der Waals surface area contributed by atoms with Gasteiger partial charge in [0.25, 0.3) is 5.69 Å². The number of nitrogens with zero attached hydrogens (tertiary/aromatic N) is 1. The maximum atomic E-state index is 11.8. The van der Waals surface area contributed by atoms with E-state index in [1.165, 1.54) is 23.9 Å². The molecule has 0 fully saturated rings. The van der Waals surface area contributed by atoms with Gasteiger partial charge < -0.3 is 10.1 Å². The summed E-state index contributed by atoms with van der Waals surface area (Å²) in [7, 11) is 1.58. The molecule has 0 atom stereocenters. The molecule has 0 saturated heterocycles. The number of nitro groups is 1. The van der Waals surface area contributed by atoms with Crippen LogP contribution in [-0.4, -0.2) is 28.8 Å². The lowest BCUT2D eigenvalue weighted by Crippen LogP contribution is -2.44. The van der Waals surface area contributed by atoms with Crippen molar-refractivity contribution in [2.45, 2.75) is 4.90 Å². The maximum Gasteiger partial charge on any atom is 0.269 e. The van der Waals surface area contributed by atoms with Crippen molar-refractivity contribution in [1.82, 2.24) is 10.9 Å². The van der Waals surface area contributed by atoms with Gasteiger partial charge in [-0.3, -0.25) is 25.8 Å². The van der Waals surface area contributed by atoms with E-state index in [4.69, 9.17) is 17.0 Å². The van der Waals surface area contributed by atoms with E-state index < -0.39 is 4.92 Å². The summed E-state index contributed by atoms with van der Waals surface area (Å²) in [6, 6.07) is 13.1. The second kappa shape index (κ2) is 9.59. The molecule has 0 aromatic heterocycles. The summed E-state index contributed by atoms with van der Waals surface area (Å²) in [5.74, 6) is 0.578. The van der Waals surface area contributed by atoms with Gasteiger partial charge in [0, 0.05) is 22.7 Å². The van der Waals surface area contributed by atoms with Gasteiger partial charge in [-0.25, -0.2) is 0 Å². The van der Waals surface area contributed by atoms with Crippen molar-refractivity contribution in [3.05, 3.63) is 58.6 Å². The van der Waals surface area contributed by atoms with Crippen LogP contribution in [0.1, 0.15) is 0 Å². The lowest BCUT2D eigenvalue weighted by atomic mass is 10.3. The smallest absolute Gasteiger partial charge is 0.269 e. The number of carbonyl (C=O) groups excluding carboxylic acids is 1. The van der Waals surface area contributed by atoms with Crippen molar-refractivity contribution >= 4 is 46.4 Å². The number of methoxy groups -OCH3 is 1. The molecule has 0 saturated carbocycles. The fourth-order valence-corrected chi connectivity index (χ4v) is 2.68. The van der Waals surface area contributed by atoms with Gasteiger partial charge in [-0.15, -0.1) is 11.8 Å². The highest BCUT2D eigenvalue weighted by molar-refractivity contribution is 8.00. The summed E-state index contributed by atoms with van der Waals surface area (Å²) < 4.78 is 5.07. The average Bonchev–Trinajstić information content (AvgIpc) is 2.65. The normalized spacial score (nSPS) is 9.88. The predicted molar refractivity (Wildman–Crippen MR) is 104 cm³/mol. The van der Waals surface area contributed by atoms with Gasteiger partial charge in [0.1, 0.15) is 5.75 Å². The number of hydrogen-bond acceptors (Lipinski definition) is 6. The third-order valence-electron chi connectivity index (χ3n) is 3.08. The van der Waals surface area contributed by atoms with E-state index in [1.54, 1.807) is 43.5 Å². The first-order chi connectivity index (χ1) is 12.5. The Labute approximate surface area is 159 Å². The molecule has 0 aliphatic rings. The molecule has 0 heterocycles. The van der Waals surface area contributed by atoms with Gasteiger partial charge >= 0.3 is 0 Å². The standard InChI is InChI=1S/C16H16N4O4S2/c1-24-13-6-2-11(3-7-13)17-16(25)19-18-15(21)10-26-14-8-4-12(5-9-14)20(22)23/h2-9H,10H2,1H3,(H,18,21)(H2,17,19,25). The fourth-order valence-electron chi connectivity index (χ4n) is 1.81. The monoisotopic (exact) mass is 392 g/mol. The van der Waals surface area contributed by atoms with Crippen LogP contribution in [0.5, 0.6) is 5.75 Å². The van der Waals surface area contributed by atoms with E-state index >= 15 is 0 Å². The highest BCUT2D eigenvalue weighted by Gasteiger charge is 2.07. The third-order valence-corrected chi connectivity index (χ3v) is 4.30. The third kappa shape index (κ3) is 6.22. The number of rotatable bonds is 6. The van der Waals surface area contributed by atoms with Gasteiger partial charge in [0.2, 0.25) is 5.91 Å². The number of hydrazine groups is 1. The zero-order valence-corrected chi connectivity index (χ0v) is 15.4. The Bertz CT molecular complexity index is 782. The van der Waals surface area contributed by atoms with Crippen molar-refractivity contribution in [1.29, 1.82) is 0 Å². The molecule has 2 aromatic carbocycles. The van der Waals surface area contributed by atoms with Crippen LogP contribution in [-0.2, 0) is 4.79 Å². The number of amides is 1. The molecule has 0 aliphatic carbocycles. The van der Waals surface area contributed by atoms with E-state index in [-0.39, 0.29) is 22.5 Å². The first kappa shape index (κ1) is 19.5. The Kier molecular flexibility index (Phi) is 7.18.